The molecule has 94 valence electrons. The largest absolute Gasteiger partial charge is 0.395 e. The summed E-state index contributed by atoms with van der Waals surface area (Å²) < 4.78 is 0.949. The molecule has 0 aliphatic heterocycles. The van der Waals surface area contributed by atoms with Crippen molar-refractivity contribution >= 4 is 38.8 Å². The van der Waals surface area contributed by atoms with Gasteiger partial charge >= 0.3 is 0 Å². The van der Waals surface area contributed by atoms with Gasteiger partial charge < -0.3 is 15.7 Å². The van der Waals surface area contributed by atoms with Gasteiger partial charge in [-0.05, 0) is 24.6 Å². The van der Waals surface area contributed by atoms with Gasteiger partial charge in [-0.25, -0.2) is 0 Å². The zero-order chi connectivity index (χ0) is 12.8. The predicted molar refractivity (Wildman–Crippen MR) is 79.6 cm³/mol. The van der Waals surface area contributed by atoms with Gasteiger partial charge in [-0.2, -0.15) is 0 Å². The SMILES string of the molecule is CCCN(CCO)c1ccc(Br)cc1C(N)=S. The molecule has 0 aliphatic rings. The van der Waals surface area contributed by atoms with E-state index < -0.39 is 0 Å². The predicted octanol–water partition coefficient (Wildman–Crippen LogP) is 2.29. The molecule has 3 N–H and O–H groups in total. The van der Waals surface area contributed by atoms with Crippen LogP contribution in [-0.4, -0.2) is 29.8 Å². The highest BCUT2D eigenvalue weighted by Gasteiger charge is 2.12. The first-order valence-corrected chi connectivity index (χ1v) is 6.75. The number of nitrogens with zero attached hydrogens (tertiary/aromatic N) is 1. The maximum atomic E-state index is 9.09. The van der Waals surface area contributed by atoms with Crippen LogP contribution >= 0.6 is 28.1 Å². The van der Waals surface area contributed by atoms with E-state index in [2.05, 4.69) is 27.8 Å². The number of rotatable bonds is 6. The van der Waals surface area contributed by atoms with Crippen molar-refractivity contribution < 1.29 is 5.11 Å². The van der Waals surface area contributed by atoms with Crippen molar-refractivity contribution in [2.45, 2.75) is 13.3 Å². The van der Waals surface area contributed by atoms with Crippen LogP contribution in [0.25, 0.3) is 0 Å². The lowest BCUT2D eigenvalue weighted by atomic mass is 10.1. The Hall–Kier alpha value is -0.650. The fourth-order valence-corrected chi connectivity index (χ4v) is 2.25. The van der Waals surface area contributed by atoms with Gasteiger partial charge in [0, 0.05) is 28.8 Å². The fraction of sp³-hybridized carbons (Fsp3) is 0.417. The van der Waals surface area contributed by atoms with E-state index in [1.54, 1.807) is 0 Å². The number of hydrogen-bond donors (Lipinski definition) is 2. The van der Waals surface area contributed by atoms with Gasteiger partial charge in [-0.1, -0.05) is 35.1 Å². The number of anilines is 1. The molecular weight excluding hydrogens is 300 g/mol. The van der Waals surface area contributed by atoms with Crippen molar-refractivity contribution in [2.24, 2.45) is 5.73 Å². The zero-order valence-corrected chi connectivity index (χ0v) is 12.2. The molecule has 17 heavy (non-hydrogen) atoms. The Balaban J connectivity index is 3.12. The number of halogens is 1. The van der Waals surface area contributed by atoms with Gasteiger partial charge in [0.2, 0.25) is 0 Å². The van der Waals surface area contributed by atoms with Crippen LogP contribution in [0.3, 0.4) is 0 Å². The lowest BCUT2D eigenvalue weighted by Crippen LogP contribution is -2.29. The Morgan fingerprint density at radius 3 is 2.71 bits per heavy atom. The lowest BCUT2D eigenvalue weighted by Gasteiger charge is -2.25. The van der Waals surface area contributed by atoms with E-state index >= 15 is 0 Å². The maximum Gasteiger partial charge on any atom is 0.106 e. The normalized spacial score (nSPS) is 10.3. The van der Waals surface area contributed by atoms with E-state index in [-0.39, 0.29) is 6.61 Å². The van der Waals surface area contributed by atoms with Crippen LogP contribution in [0, 0.1) is 0 Å². The van der Waals surface area contributed by atoms with E-state index in [9.17, 15) is 0 Å². The third-order valence-corrected chi connectivity index (χ3v) is 3.14. The highest BCUT2D eigenvalue weighted by Crippen LogP contribution is 2.24. The third-order valence-electron chi connectivity index (χ3n) is 2.43. The third kappa shape index (κ3) is 3.94. The van der Waals surface area contributed by atoms with Crippen LogP contribution < -0.4 is 10.6 Å². The van der Waals surface area contributed by atoms with Crippen molar-refractivity contribution in [3.05, 3.63) is 28.2 Å². The van der Waals surface area contributed by atoms with E-state index in [4.69, 9.17) is 23.1 Å². The second kappa shape index (κ2) is 6.93. The number of hydrogen-bond acceptors (Lipinski definition) is 3. The summed E-state index contributed by atoms with van der Waals surface area (Å²) in [6.45, 7) is 3.68. The molecule has 0 saturated heterocycles. The highest BCUT2D eigenvalue weighted by atomic mass is 79.9. The molecule has 0 fully saturated rings. The Labute approximate surface area is 116 Å². The van der Waals surface area contributed by atoms with Gasteiger partial charge in [0.25, 0.3) is 0 Å². The first kappa shape index (κ1) is 14.4. The molecule has 3 nitrogen and oxygen atoms in total. The fourth-order valence-electron chi connectivity index (χ4n) is 1.72. The second-order valence-corrected chi connectivity index (χ2v) is 5.09. The van der Waals surface area contributed by atoms with Crippen molar-refractivity contribution in [3.8, 4) is 0 Å². The maximum absolute atomic E-state index is 9.09. The van der Waals surface area contributed by atoms with Gasteiger partial charge in [-0.3, -0.25) is 0 Å². The van der Waals surface area contributed by atoms with E-state index in [0.717, 1.165) is 28.7 Å². The van der Waals surface area contributed by atoms with E-state index in [0.29, 0.717) is 11.5 Å². The van der Waals surface area contributed by atoms with Crippen molar-refractivity contribution in [3.63, 3.8) is 0 Å². The van der Waals surface area contributed by atoms with E-state index in [1.165, 1.54) is 0 Å². The molecule has 0 unspecified atom stereocenters. The van der Waals surface area contributed by atoms with Crippen LogP contribution in [0.2, 0.25) is 0 Å². The van der Waals surface area contributed by atoms with Crippen molar-refractivity contribution in [1.29, 1.82) is 0 Å². The lowest BCUT2D eigenvalue weighted by molar-refractivity contribution is 0.302. The molecule has 1 aromatic carbocycles. The minimum absolute atomic E-state index is 0.118. The van der Waals surface area contributed by atoms with Crippen LogP contribution in [0.4, 0.5) is 5.69 Å². The molecule has 0 aromatic heterocycles. The summed E-state index contributed by atoms with van der Waals surface area (Å²) in [6.07, 6.45) is 1.01. The Morgan fingerprint density at radius 2 is 2.18 bits per heavy atom. The number of thiocarbonyl (C=S) groups is 1. The van der Waals surface area contributed by atoms with Crippen molar-refractivity contribution in [2.75, 3.05) is 24.6 Å². The minimum atomic E-state index is 0.118. The first-order valence-electron chi connectivity index (χ1n) is 5.55. The zero-order valence-electron chi connectivity index (χ0n) is 9.82. The molecule has 1 aromatic rings. The summed E-state index contributed by atoms with van der Waals surface area (Å²) in [6, 6.07) is 5.85. The van der Waals surface area contributed by atoms with Gasteiger partial charge in [0.15, 0.2) is 0 Å². The molecule has 0 radical (unpaired) electrons. The summed E-state index contributed by atoms with van der Waals surface area (Å²) in [5.74, 6) is 0. The summed E-state index contributed by atoms with van der Waals surface area (Å²) >= 11 is 8.47. The molecule has 0 aliphatic carbocycles. The number of nitrogens with two attached hydrogens (primary N) is 1. The molecule has 5 heteroatoms. The Morgan fingerprint density at radius 1 is 1.47 bits per heavy atom. The number of benzene rings is 1. The van der Waals surface area contributed by atoms with Gasteiger partial charge in [-0.15, -0.1) is 0 Å². The topological polar surface area (TPSA) is 49.5 Å². The molecule has 0 bridgehead atoms. The van der Waals surface area contributed by atoms with Gasteiger partial charge in [0.05, 0.1) is 6.61 Å². The van der Waals surface area contributed by atoms with E-state index in [1.807, 2.05) is 18.2 Å². The summed E-state index contributed by atoms with van der Waals surface area (Å²) in [5, 5.41) is 9.09. The smallest absolute Gasteiger partial charge is 0.106 e. The van der Waals surface area contributed by atoms with Crippen LogP contribution in [0.5, 0.6) is 0 Å². The summed E-state index contributed by atoms with van der Waals surface area (Å²) in [4.78, 5) is 2.47. The minimum Gasteiger partial charge on any atom is -0.395 e. The number of aliphatic hydroxyl groups is 1. The average Bonchev–Trinajstić information content (AvgIpc) is 2.28. The van der Waals surface area contributed by atoms with Crippen LogP contribution in [0.15, 0.2) is 22.7 Å². The molecule has 0 atom stereocenters. The average molecular weight is 317 g/mol. The summed E-state index contributed by atoms with van der Waals surface area (Å²) in [5.41, 5.74) is 7.56. The van der Waals surface area contributed by atoms with Crippen molar-refractivity contribution in [1.82, 2.24) is 0 Å². The van der Waals surface area contributed by atoms with Crippen LogP contribution in [-0.2, 0) is 0 Å². The molecular formula is C12H17BrN2OS. The first-order chi connectivity index (χ1) is 8.10. The summed E-state index contributed by atoms with van der Waals surface area (Å²) in [7, 11) is 0. The molecule has 0 saturated carbocycles. The highest BCUT2D eigenvalue weighted by molar-refractivity contribution is 9.10. The Kier molecular flexibility index (Phi) is 5.88. The molecule has 0 heterocycles. The molecule has 1 rings (SSSR count). The van der Waals surface area contributed by atoms with Crippen LogP contribution in [0.1, 0.15) is 18.9 Å². The second-order valence-electron chi connectivity index (χ2n) is 3.74. The van der Waals surface area contributed by atoms with Gasteiger partial charge in [0.1, 0.15) is 4.99 Å². The Bertz CT molecular complexity index is 392. The monoisotopic (exact) mass is 316 g/mol. The standard InChI is InChI=1S/C12H17BrN2OS/c1-2-5-15(6-7-16)11-4-3-9(13)8-10(11)12(14)17/h3-4,8,16H,2,5-7H2,1H3,(H2,14,17). The quantitative estimate of drug-likeness (QED) is 0.791. The number of aliphatic hydroxyl groups excluding tert-OH is 1. The molecule has 0 amide bonds. The molecule has 0 spiro atoms.